The van der Waals surface area contributed by atoms with Gasteiger partial charge in [0.05, 0.1) is 0 Å². The van der Waals surface area contributed by atoms with Crippen LogP contribution >= 0.6 is 0 Å². The van der Waals surface area contributed by atoms with Crippen LogP contribution in [0, 0.1) is 5.92 Å². The summed E-state index contributed by atoms with van der Waals surface area (Å²) in [6.45, 7) is 4.17. The second-order valence-corrected chi connectivity index (χ2v) is 6.56. The van der Waals surface area contributed by atoms with E-state index in [0.717, 1.165) is 32.6 Å². The number of piperidine rings is 1. The zero-order chi connectivity index (χ0) is 14.9. The van der Waals surface area contributed by atoms with Crippen molar-refractivity contribution in [3.05, 3.63) is 64.3 Å². The van der Waals surface area contributed by atoms with Gasteiger partial charge in [-0.1, -0.05) is 6.07 Å². The summed E-state index contributed by atoms with van der Waals surface area (Å²) < 4.78 is 2.00. The number of likely N-dealkylation sites (tertiary alicyclic amines) is 1. The number of rotatable bonds is 3. The lowest BCUT2D eigenvalue weighted by Crippen LogP contribution is -2.47. The fraction of sp³-hybridized carbons (Fsp3) is 0.444. The van der Waals surface area contributed by atoms with Crippen LogP contribution in [0.3, 0.4) is 0 Å². The predicted octanol–water partition coefficient (Wildman–Crippen LogP) is 1.91. The fourth-order valence-electron chi connectivity index (χ4n) is 4.01. The van der Waals surface area contributed by atoms with Crippen LogP contribution in [0.1, 0.15) is 23.6 Å². The Labute approximate surface area is 130 Å². The Morgan fingerprint density at radius 3 is 2.82 bits per heavy atom. The van der Waals surface area contributed by atoms with Gasteiger partial charge in [0.2, 0.25) is 0 Å². The monoisotopic (exact) mass is 295 g/mol. The van der Waals surface area contributed by atoms with E-state index >= 15 is 0 Å². The van der Waals surface area contributed by atoms with Crippen molar-refractivity contribution in [1.82, 2.24) is 14.5 Å². The van der Waals surface area contributed by atoms with Crippen LogP contribution in [-0.2, 0) is 13.0 Å². The van der Waals surface area contributed by atoms with Crippen LogP contribution < -0.4 is 5.56 Å². The standard InChI is InChI=1S/C18H21N3O/c22-18-3-1-2-17-16-10-15(12-21(17)18)11-20(13-16)9-6-14-4-7-19-8-5-14/h1-5,7-8,15-16H,6,9-13H2/t15-,16+/m0/s1. The summed E-state index contributed by atoms with van der Waals surface area (Å²) in [6, 6.07) is 9.92. The first-order valence-corrected chi connectivity index (χ1v) is 8.10. The first-order valence-electron chi connectivity index (χ1n) is 8.10. The van der Waals surface area contributed by atoms with Gasteiger partial charge in [0, 0.05) is 56.3 Å². The van der Waals surface area contributed by atoms with Gasteiger partial charge in [0.1, 0.15) is 0 Å². The molecule has 2 aromatic rings. The molecule has 0 radical (unpaired) electrons. The Morgan fingerprint density at radius 1 is 1.09 bits per heavy atom. The van der Waals surface area contributed by atoms with Crippen molar-refractivity contribution >= 4 is 0 Å². The molecular formula is C18H21N3O. The molecule has 2 aliphatic heterocycles. The smallest absolute Gasteiger partial charge is 0.250 e. The van der Waals surface area contributed by atoms with E-state index in [1.807, 2.05) is 23.0 Å². The Balaban J connectivity index is 1.48. The molecule has 0 amide bonds. The number of fused-ring (bicyclic) bond motifs is 4. The van der Waals surface area contributed by atoms with Crippen LogP contribution in [0.5, 0.6) is 0 Å². The minimum absolute atomic E-state index is 0.164. The largest absolute Gasteiger partial charge is 0.312 e. The molecule has 0 aliphatic carbocycles. The molecule has 0 aromatic carbocycles. The molecule has 22 heavy (non-hydrogen) atoms. The van der Waals surface area contributed by atoms with E-state index in [1.165, 1.54) is 17.7 Å². The van der Waals surface area contributed by atoms with Crippen LogP contribution in [0.25, 0.3) is 0 Å². The highest BCUT2D eigenvalue weighted by molar-refractivity contribution is 5.17. The van der Waals surface area contributed by atoms with Crippen molar-refractivity contribution in [3.8, 4) is 0 Å². The number of hydrogen-bond donors (Lipinski definition) is 0. The van der Waals surface area contributed by atoms with Gasteiger partial charge in [-0.25, -0.2) is 0 Å². The molecule has 4 heteroatoms. The first kappa shape index (κ1) is 13.7. The molecular weight excluding hydrogens is 274 g/mol. The second kappa shape index (κ2) is 5.69. The zero-order valence-electron chi connectivity index (χ0n) is 12.7. The van der Waals surface area contributed by atoms with Gasteiger partial charge in [-0.05, 0) is 42.5 Å². The van der Waals surface area contributed by atoms with Crippen molar-refractivity contribution in [1.29, 1.82) is 0 Å². The molecule has 0 saturated carbocycles. The maximum Gasteiger partial charge on any atom is 0.250 e. The second-order valence-electron chi connectivity index (χ2n) is 6.56. The summed E-state index contributed by atoms with van der Waals surface area (Å²) in [6.07, 6.45) is 6.03. The van der Waals surface area contributed by atoms with Crippen LogP contribution in [0.4, 0.5) is 0 Å². The van der Waals surface area contributed by atoms with Gasteiger partial charge in [-0.2, -0.15) is 0 Å². The van der Waals surface area contributed by atoms with E-state index in [1.54, 1.807) is 6.07 Å². The van der Waals surface area contributed by atoms with Crippen molar-refractivity contribution < 1.29 is 0 Å². The molecule has 1 fully saturated rings. The van der Waals surface area contributed by atoms with E-state index in [0.29, 0.717) is 11.8 Å². The molecule has 2 aromatic heterocycles. The highest BCUT2D eigenvalue weighted by Crippen LogP contribution is 2.34. The van der Waals surface area contributed by atoms with Crippen LogP contribution in [-0.4, -0.2) is 34.1 Å². The van der Waals surface area contributed by atoms with Gasteiger partial charge < -0.3 is 9.47 Å². The van der Waals surface area contributed by atoms with Gasteiger partial charge in [-0.15, -0.1) is 0 Å². The highest BCUT2D eigenvalue weighted by Gasteiger charge is 2.34. The number of nitrogens with zero attached hydrogens (tertiary/aromatic N) is 3. The molecule has 4 rings (SSSR count). The lowest BCUT2D eigenvalue weighted by atomic mass is 9.83. The van der Waals surface area contributed by atoms with Crippen LogP contribution in [0.2, 0.25) is 0 Å². The summed E-state index contributed by atoms with van der Waals surface area (Å²) in [7, 11) is 0. The van der Waals surface area contributed by atoms with Gasteiger partial charge in [0.15, 0.2) is 0 Å². The maximum absolute atomic E-state index is 12.0. The van der Waals surface area contributed by atoms with E-state index in [-0.39, 0.29) is 5.56 Å². The lowest BCUT2D eigenvalue weighted by molar-refractivity contribution is 0.121. The third kappa shape index (κ3) is 2.59. The van der Waals surface area contributed by atoms with Gasteiger partial charge in [0.25, 0.3) is 5.56 Å². The zero-order valence-corrected chi connectivity index (χ0v) is 12.7. The number of pyridine rings is 2. The quantitative estimate of drug-likeness (QED) is 0.868. The SMILES string of the molecule is O=c1cccc2n1C[C@H]1C[C@@H]2CN(CCc2ccncc2)C1. The maximum atomic E-state index is 12.0. The van der Waals surface area contributed by atoms with E-state index in [9.17, 15) is 4.79 Å². The molecule has 2 atom stereocenters. The Morgan fingerprint density at radius 2 is 1.95 bits per heavy atom. The summed E-state index contributed by atoms with van der Waals surface area (Å²) in [4.78, 5) is 18.7. The van der Waals surface area contributed by atoms with Gasteiger partial charge in [-0.3, -0.25) is 9.78 Å². The van der Waals surface area contributed by atoms with E-state index < -0.39 is 0 Å². The Bertz CT molecular complexity index is 710. The summed E-state index contributed by atoms with van der Waals surface area (Å²) in [5.41, 5.74) is 2.75. The molecule has 0 N–H and O–H groups in total. The fourth-order valence-corrected chi connectivity index (χ4v) is 4.01. The van der Waals surface area contributed by atoms with Crippen molar-refractivity contribution in [2.24, 2.45) is 5.92 Å². The minimum Gasteiger partial charge on any atom is -0.312 e. The molecule has 2 aliphatic rings. The molecule has 114 valence electrons. The average Bonchev–Trinajstić information content (AvgIpc) is 2.55. The molecule has 2 bridgehead atoms. The summed E-state index contributed by atoms with van der Waals surface area (Å²) in [5.74, 6) is 1.13. The Kier molecular flexibility index (Phi) is 3.54. The minimum atomic E-state index is 0.164. The lowest BCUT2D eigenvalue weighted by Gasteiger charge is -2.42. The molecule has 1 saturated heterocycles. The number of aromatic nitrogens is 2. The van der Waals surface area contributed by atoms with Crippen LogP contribution in [0.15, 0.2) is 47.5 Å². The third-order valence-corrected chi connectivity index (χ3v) is 5.02. The predicted molar refractivity (Wildman–Crippen MR) is 85.9 cm³/mol. The third-order valence-electron chi connectivity index (χ3n) is 5.02. The summed E-state index contributed by atoms with van der Waals surface area (Å²) >= 11 is 0. The molecule has 0 spiro atoms. The summed E-state index contributed by atoms with van der Waals surface area (Å²) in [5, 5.41) is 0. The molecule has 4 nitrogen and oxygen atoms in total. The molecule has 4 heterocycles. The average molecular weight is 295 g/mol. The Hall–Kier alpha value is -1.94. The first-order chi connectivity index (χ1) is 10.8. The van der Waals surface area contributed by atoms with E-state index in [2.05, 4.69) is 28.1 Å². The van der Waals surface area contributed by atoms with Crippen molar-refractivity contribution in [2.45, 2.75) is 25.3 Å². The topological polar surface area (TPSA) is 38.1 Å². The molecule has 0 unspecified atom stereocenters. The number of hydrogen-bond acceptors (Lipinski definition) is 3. The normalized spacial score (nSPS) is 24.0. The highest BCUT2D eigenvalue weighted by atomic mass is 16.1. The van der Waals surface area contributed by atoms with Crippen molar-refractivity contribution in [2.75, 3.05) is 19.6 Å². The van der Waals surface area contributed by atoms with Gasteiger partial charge >= 0.3 is 0 Å². The van der Waals surface area contributed by atoms with E-state index in [4.69, 9.17) is 0 Å². The van der Waals surface area contributed by atoms with Crippen molar-refractivity contribution in [3.63, 3.8) is 0 Å².